The van der Waals surface area contributed by atoms with Gasteiger partial charge in [-0.15, -0.1) is 22.7 Å². The summed E-state index contributed by atoms with van der Waals surface area (Å²) >= 11 is 14.9. The van der Waals surface area contributed by atoms with Crippen molar-refractivity contribution in [3.05, 3.63) is 56.5 Å². The molecule has 0 bridgehead atoms. The van der Waals surface area contributed by atoms with E-state index in [9.17, 15) is 0 Å². The van der Waals surface area contributed by atoms with E-state index in [0.29, 0.717) is 21.2 Å². The molecule has 0 saturated carbocycles. The summed E-state index contributed by atoms with van der Waals surface area (Å²) < 4.78 is 0.885. The van der Waals surface area contributed by atoms with Gasteiger partial charge in [-0.1, -0.05) is 23.2 Å². The van der Waals surface area contributed by atoms with Crippen molar-refractivity contribution in [2.45, 2.75) is 0 Å². The number of nitriles is 2. The van der Waals surface area contributed by atoms with Crippen LogP contribution in [0, 0.1) is 22.7 Å². The maximum atomic E-state index is 8.65. The minimum Gasteiger partial charge on any atom is -0.254 e. The molecule has 0 radical (unpaired) electrons. The Bertz CT molecular complexity index is 1030. The van der Waals surface area contributed by atoms with Crippen molar-refractivity contribution in [2.24, 2.45) is 0 Å². The third-order valence-corrected chi connectivity index (χ3v) is 5.74. The van der Waals surface area contributed by atoms with E-state index in [4.69, 9.17) is 33.7 Å². The molecule has 0 aliphatic rings. The highest BCUT2D eigenvalue weighted by Gasteiger charge is 2.07. The van der Waals surface area contributed by atoms with Crippen LogP contribution in [0.15, 0.2) is 35.3 Å². The number of pyridine rings is 2. The van der Waals surface area contributed by atoms with Crippen molar-refractivity contribution in [1.82, 2.24) is 9.97 Å². The van der Waals surface area contributed by atoms with Gasteiger partial charge in [0.1, 0.15) is 17.0 Å². The van der Waals surface area contributed by atoms with E-state index >= 15 is 0 Å². The van der Waals surface area contributed by atoms with E-state index in [1.807, 2.05) is 35.0 Å². The van der Waals surface area contributed by atoms with Crippen LogP contribution in [0.2, 0.25) is 10.0 Å². The number of thiophene rings is 2. The molecule has 4 heterocycles. The summed E-state index contributed by atoms with van der Waals surface area (Å²) in [5, 5.41) is 23.0. The van der Waals surface area contributed by atoms with Crippen LogP contribution in [0.25, 0.3) is 20.4 Å². The fraction of sp³-hybridized carbons (Fsp3) is 0. The lowest BCUT2D eigenvalue weighted by molar-refractivity contribution is 1.38. The summed E-state index contributed by atoms with van der Waals surface area (Å²) in [4.78, 5) is 9.03. The van der Waals surface area contributed by atoms with Crippen LogP contribution in [-0.2, 0) is 0 Å². The zero-order valence-corrected chi connectivity index (χ0v) is 15.0. The lowest BCUT2D eigenvalue weighted by Crippen LogP contribution is -1.79. The van der Waals surface area contributed by atoms with Crippen LogP contribution in [-0.4, -0.2) is 9.97 Å². The number of hydrogen-bond acceptors (Lipinski definition) is 6. The topological polar surface area (TPSA) is 73.4 Å². The predicted octanol–water partition coefficient (Wildman–Crippen LogP) is 5.64. The molecule has 0 aliphatic carbocycles. The molecule has 0 atom stereocenters. The number of hydrogen-bond donors (Lipinski definition) is 0. The number of fused-ring (bicyclic) bond motifs is 2. The van der Waals surface area contributed by atoms with Gasteiger partial charge >= 0.3 is 0 Å². The maximum Gasteiger partial charge on any atom is 0.124 e. The van der Waals surface area contributed by atoms with Gasteiger partial charge in [0.05, 0.1) is 31.4 Å². The average molecular weight is 389 g/mol. The molecule has 4 nitrogen and oxygen atoms in total. The van der Waals surface area contributed by atoms with Crippen molar-refractivity contribution in [2.75, 3.05) is 0 Å². The Labute approximate surface area is 155 Å². The Morgan fingerprint density at radius 1 is 0.875 bits per heavy atom. The quantitative estimate of drug-likeness (QED) is 0.390. The van der Waals surface area contributed by atoms with Crippen LogP contribution in [0.3, 0.4) is 0 Å². The molecular weight excluding hydrogens is 383 g/mol. The minimum absolute atomic E-state index is 0.433. The van der Waals surface area contributed by atoms with E-state index in [1.54, 1.807) is 0 Å². The molecule has 4 aromatic rings. The molecule has 0 fully saturated rings. The number of aromatic nitrogens is 2. The van der Waals surface area contributed by atoms with Crippen LogP contribution < -0.4 is 0 Å². The monoisotopic (exact) mass is 388 g/mol. The third kappa shape index (κ3) is 3.06. The van der Waals surface area contributed by atoms with Gasteiger partial charge < -0.3 is 0 Å². The van der Waals surface area contributed by atoms with Gasteiger partial charge in [-0.2, -0.15) is 10.5 Å². The Morgan fingerprint density at radius 2 is 1.54 bits per heavy atom. The molecule has 0 aliphatic heterocycles. The van der Waals surface area contributed by atoms with Crippen molar-refractivity contribution < 1.29 is 0 Å². The molecule has 0 unspecified atom stereocenters. The normalized spacial score (nSPS) is 10.0. The van der Waals surface area contributed by atoms with Gasteiger partial charge in [0, 0.05) is 17.8 Å². The van der Waals surface area contributed by atoms with E-state index in [2.05, 4.69) is 9.97 Å². The second kappa shape index (κ2) is 7.12. The molecule has 0 spiro atoms. The van der Waals surface area contributed by atoms with Crippen LogP contribution in [0.5, 0.6) is 0 Å². The van der Waals surface area contributed by atoms with E-state index < -0.39 is 0 Å². The minimum atomic E-state index is 0.433. The number of halogens is 2. The van der Waals surface area contributed by atoms with Crippen LogP contribution in [0.4, 0.5) is 0 Å². The summed E-state index contributed by atoms with van der Waals surface area (Å²) in [7, 11) is 0. The van der Waals surface area contributed by atoms with Crippen LogP contribution in [0.1, 0.15) is 11.1 Å². The highest BCUT2D eigenvalue weighted by molar-refractivity contribution is 7.17. The summed E-state index contributed by atoms with van der Waals surface area (Å²) in [6, 6.07) is 7.73. The first-order valence-electron chi connectivity index (χ1n) is 6.49. The van der Waals surface area contributed by atoms with Gasteiger partial charge in [-0.3, -0.25) is 4.98 Å². The zero-order valence-electron chi connectivity index (χ0n) is 11.8. The second-order valence-electron chi connectivity index (χ2n) is 4.47. The summed E-state index contributed by atoms with van der Waals surface area (Å²) in [6.07, 6.45) is 3.00. The molecule has 24 heavy (non-hydrogen) atoms. The highest BCUT2D eigenvalue weighted by atomic mass is 35.5. The fourth-order valence-corrected chi connectivity index (χ4v) is 4.08. The van der Waals surface area contributed by atoms with Gasteiger partial charge in [0.2, 0.25) is 0 Å². The largest absolute Gasteiger partial charge is 0.254 e. The first-order valence-corrected chi connectivity index (χ1v) is 9.01. The van der Waals surface area contributed by atoms with E-state index in [0.717, 1.165) is 20.4 Å². The molecule has 0 N–H and O–H groups in total. The lowest BCUT2D eigenvalue weighted by atomic mass is 10.2. The molecule has 0 amide bonds. The van der Waals surface area contributed by atoms with Gasteiger partial charge in [-0.25, -0.2) is 4.98 Å². The Morgan fingerprint density at radius 3 is 2.29 bits per heavy atom. The van der Waals surface area contributed by atoms with Crippen molar-refractivity contribution in [1.29, 1.82) is 10.5 Å². The van der Waals surface area contributed by atoms with E-state index in [1.165, 1.54) is 35.1 Å². The zero-order chi connectivity index (χ0) is 17.1. The third-order valence-electron chi connectivity index (χ3n) is 3.08. The van der Waals surface area contributed by atoms with Gasteiger partial charge in [0.15, 0.2) is 0 Å². The Balaban J connectivity index is 0.000000141. The number of rotatable bonds is 0. The molecule has 0 aromatic carbocycles. The second-order valence-corrected chi connectivity index (χ2v) is 7.04. The smallest absolute Gasteiger partial charge is 0.124 e. The first kappa shape index (κ1) is 16.6. The molecule has 0 saturated heterocycles. The van der Waals surface area contributed by atoms with Gasteiger partial charge in [0.25, 0.3) is 0 Å². The molecular formula is C16H6Cl2N4S2. The summed E-state index contributed by atoms with van der Waals surface area (Å²) in [5.41, 5.74) is 1.72. The molecule has 116 valence electrons. The highest BCUT2D eigenvalue weighted by Crippen LogP contribution is 2.29. The molecule has 8 heteroatoms. The van der Waals surface area contributed by atoms with Crippen molar-refractivity contribution in [3.8, 4) is 12.1 Å². The first-order chi connectivity index (χ1) is 11.7. The van der Waals surface area contributed by atoms with Crippen molar-refractivity contribution >= 4 is 66.3 Å². The predicted molar refractivity (Wildman–Crippen MR) is 98.7 cm³/mol. The average Bonchev–Trinajstić information content (AvgIpc) is 3.26. The molecule has 4 rings (SSSR count). The Hall–Kier alpha value is -2.22. The summed E-state index contributed by atoms with van der Waals surface area (Å²) in [6.45, 7) is 0. The standard InChI is InChI=1S/2C8H3ClN2S/c9-7-5(3-10)4-11-6-1-2-12-8(6)7;9-7-5(3-10)4-11-8-6(7)1-2-12-8/h2*1-2,4H. The van der Waals surface area contributed by atoms with Gasteiger partial charge in [-0.05, 0) is 22.9 Å². The van der Waals surface area contributed by atoms with E-state index in [-0.39, 0.29) is 0 Å². The fourth-order valence-electron chi connectivity index (χ4n) is 1.93. The summed E-state index contributed by atoms with van der Waals surface area (Å²) in [5.74, 6) is 0. The number of nitrogens with zero attached hydrogens (tertiary/aromatic N) is 4. The Kier molecular flexibility index (Phi) is 4.94. The lowest BCUT2D eigenvalue weighted by Gasteiger charge is -1.94. The molecule has 4 aromatic heterocycles. The maximum absolute atomic E-state index is 8.65. The van der Waals surface area contributed by atoms with Crippen LogP contribution >= 0.6 is 45.9 Å². The van der Waals surface area contributed by atoms with Crippen molar-refractivity contribution in [3.63, 3.8) is 0 Å². The SMILES string of the molecule is N#Cc1cnc2ccsc2c1Cl.N#Cc1cnc2sccc2c1Cl.